The van der Waals surface area contributed by atoms with E-state index in [4.69, 9.17) is 5.73 Å². The molecule has 14 heavy (non-hydrogen) atoms. The average Bonchev–Trinajstić information content (AvgIpc) is 2.83. The molecule has 0 spiro atoms. The van der Waals surface area contributed by atoms with E-state index in [0.717, 1.165) is 23.6 Å². The number of nitrogens with zero attached hydrogens (tertiary/aromatic N) is 2. The smallest absolute Gasteiger partial charge is 0.325 e. The molecule has 0 aromatic carbocycles. The van der Waals surface area contributed by atoms with Gasteiger partial charge in [0.15, 0.2) is 0 Å². The number of hydrogen-bond acceptors (Lipinski definition) is 2. The van der Waals surface area contributed by atoms with Gasteiger partial charge < -0.3 is 5.73 Å². The monoisotopic (exact) mass is 205 g/mol. The highest BCUT2D eigenvalue weighted by Gasteiger charge is 2.39. The Bertz CT molecular complexity index is 338. The van der Waals surface area contributed by atoms with Crippen LogP contribution in [0.15, 0.2) is 6.07 Å². The summed E-state index contributed by atoms with van der Waals surface area (Å²) in [5, 5.41) is 3.83. The van der Waals surface area contributed by atoms with Crippen LogP contribution in [0.2, 0.25) is 0 Å². The van der Waals surface area contributed by atoms with E-state index in [1.807, 2.05) is 0 Å². The Morgan fingerprint density at radius 3 is 2.57 bits per heavy atom. The minimum atomic E-state index is -4.33. The topological polar surface area (TPSA) is 43.8 Å². The Morgan fingerprint density at radius 1 is 1.50 bits per heavy atom. The summed E-state index contributed by atoms with van der Waals surface area (Å²) in [6, 6.07) is 0.949. The van der Waals surface area contributed by atoms with E-state index in [0.29, 0.717) is 5.69 Å². The standard InChI is InChI=1S/C8H10F3N3/c9-8(10,11)7-3-5(4-12)13-14(7)6-1-2-6/h3,6H,1-2,4,12H2. The van der Waals surface area contributed by atoms with Gasteiger partial charge in [-0.2, -0.15) is 18.3 Å². The molecule has 1 aromatic rings. The summed E-state index contributed by atoms with van der Waals surface area (Å²) >= 11 is 0. The zero-order chi connectivity index (χ0) is 10.3. The maximum absolute atomic E-state index is 12.5. The first-order chi connectivity index (χ1) is 6.52. The lowest BCUT2D eigenvalue weighted by molar-refractivity contribution is -0.144. The highest BCUT2D eigenvalue weighted by atomic mass is 19.4. The van der Waals surface area contributed by atoms with Gasteiger partial charge in [0, 0.05) is 6.54 Å². The van der Waals surface area contributed by atoms with E-state index < -0.39 is 11.9 Å². The Hall–Kier alpha value is -1.04. The lowest BCUT2D eigenvalue weighted by Gasteiger charge is -2.08. The molecule has 2 rings (SSSR count). The van der Waals surface area contributed by atoms with Gasteiger partial charge in [0.05, 0.1) is 11.7 Å². The molecular weight excluding hydrogens is 195 g/mol. The molecule has 0 bridgehead atoms. The van der Waals surface area contributed by atoms with Gasteiger partial charge in [0.25, 0.3) is 0 Å². The highest BCUT2D eigenvalue weighted by Crippen LogP contribution is 2.40. The van der Waals surface area contributed by atoms with Gasteiger partial charge >= 0.3 is 6.18 Å². The molecule has 1 fully saturated rings. The van der Waals surface area contributed by atoms with E-state index >= 15 is 0 Å². The molecule has 3 nitrogen and oxygen atoms in total. The summed E-state index contributed by atoms with van der Waals surface area (Å²) in [6.07, 6.45) is -2.79. The van der Waals surface area contributed by atoms with Crippen LogP contribution in [-0.4, -0.2) is 9.78 Å². The molecule has 0 amide bonds. The first kappa shape index (κ1) is 9.51. The number of rotatable bonds is 2. The molecule has 0 atom stereocenters. The van der Waals surface area contributed by atoms with Crippen molar-refractivity contribution in [2.75, 3.05) is 0 Å². The van der Waals surface area contributed by atoms with Crippen LogP contribution in [0.5, 0.6) is 0 Å². The summed E-state index contributed by atoms with van der Waals surface area (Å²) in [5.41, 5.74) is 4.87. The number of halogens is 3. The molecule has 0 aliphatic heterocycles. The van der Waals surface area contributed by atoms with Crippen LogP contribution in [0.1, 0.15) is 30.3 Å². The summed E-state index contributed by atoms with van der Waals surface area (Å²) in [5.74, 6) is 0. The molecule has 1 saturated carbocycles. The highest BCUT2D eigenvalue weighted by molar-refractivity contribution is 5.15. The second-order valence-corrected chi connectivity index (χ2v) is 3.40. The molecule has 6 heteroatoms. The molecule has 0 radical (unpaired) electrons. The fourth-order valence-corrected chi connectivity index (χ4v) is 1.35. The van der Waals surface area contributed by atoms with Gasteiger partial charge in [-0.15, -0.1) is 0 Å². The third kappa shape index (κ3) is 1.61. The van der Waals surface area contributed by atoms with E-state index in [1.54, 1.807) is 0 Å². The van der Waals surface area contributed by atoms with Crippen LogP contribution in [0, 0.1) is 0 Å². The minimum Gasteiger partial charge on any atom is -0.325 e. The Morgan fingerprint density at radius 2 is 2.14 bits per heavy atom. The number of nitrogens with two attached hydrogens (primary N) is 1. The molecule has 0 unspecified atom stereocenters. The van der Waals surface area contributed by atoms with Gasteiger partial charge in [-0.1, -0.05) is 0 Å². The maximum atomic E-state index is 12.5. The van der Waals surface area contributed by atoms with Crippen molar-refractivity contribution in [3.05, 3.63) is 17.5 Å². The van der Waals surface area contributed by atoms with Crippen LogP contribution < -0.4 is 5.73 Å². The van der Waals surface area contributed by atoms with Crippen molar-refractivity contribution in [2.24, 2.45) is 5.73 Å². The van der Waals surface area contributed by atoms with Crippen molar-refractivity contribution in [3.8, 4) is 0 Å². The molecule has 0 saturated heterocycles. The molecule has 1 heterocycles. The molecule has 2 N–H and O–H groups in total. The summed E-state index contributed by atoms with van der Waals surface area (Å²) in [7, 11) is 0. The lowest BCUT2D eigenvalue weighted by atomic mass is 10.3. The number of hydrogen-bond donors (Lipinski definition) is 1. The zero-order valence-electron chi connectivity index (χ0n) is 7.38. The summed E-state index contributed by atoms with van der Waals surface area (Å²) in [6.45, 7) is 0.0444. The maximum Gasteiger partial charge on any atom is 0.433 e. The van der Waals surface area contributed by atoms with Crippen LogP contribution in [-0.2, 0) is 12.7 Å². The van der Waals surface area contributed by atoms with Crippen molar-refractivity contribution in [1.29, 1.82) is 0 Å². The predicted molar refractivity (Wildman–Crippen MR) is 43.4 cm³/mol. The second kappa shape index (κ2) is 2.98. The van der Waals surface area contributed by atoms with Crippen molar-refractivity contribution in [1.82, 2.24) is 9.78 Å². The third-order valence-electron chi connectivity index (χ3n) is 2.18. The van der Waals surface area contributed by atoms with E-state index in [-0.39, 0.29) is 12.6 Å². The molecule has 1 aliphatic carbocycles. The Balaban J connectivity index is 2.40. The average molecular weight is 205 g/mol. The van der Waals surface area contributed by atoms with Gasteiger partial charge in [-0.25, -0.2) is 0 Å². The van der Waals surface area contributed by atoms with Crippen molar-refractivity contribution >= 4 is 0 Å². The van der Waals surface area contributed by atoms with Gasteiger partial charge in [-0.3, -0.25) is 4.68 Å². The van der Waals surface area contributed by atoms with E-state index in [2.05, 4.69) is 5.10 Å². The van der Waals surface area contributed by atoms with Crippen molar-refractivity contribution < 1.29 is 13.2 Å². The largest absolute Gasteiger partial charge is 0.433 e. The van der Waals surface area contributed by atoms with Crippen LogP contribution in [0.4, 0.5) is 13.2 Å². The molecular formula is C8H10F3N3. The Labute approximate surface area is 78.7 Å². The first-order valence-corrected chi connectivity index (χ1v) is 4.38. The van der Waals surface area contributed by atoms with E-state index in [9.17, 15) is 13.2 Å². The van der Waals surface area contributed by atoms with Crippen molar-refractivity contribution in [3.63, 3.8) is 0 Å². The lowest BCUT2D eigenvalue weighted by Crippen LogP contribution is -2.13. The predicted octanol–water partition coefficient (Wildman–Crippen LogP) is 1.70. The fourth-order valence-electron chi connectivity index (χ4n) is 1.35. The fraction of sp³-hybridized carbons (Fsp3) is 0.625. The molecule has 1 aromatic heterocycles. The summed E-state index contributed by atoms with van der Waals surface area (Å²) < 4.78 is 38.5. The van der Waals surface area contributed by atoms with E-state index in [1.165, 1.54) is 0 Å². The SMILES string of the molecule is NCc1cc(C(F)(F)F)n(C2CC2)n1. The van der Waals surface area contributed by atoms with Crippen molar-refractivity contribution in [2.45, 2.75) is 31.6 Å². The van der Waals surface area contributed by atoms with Gasteiger partial charge in [0.1, 0.15) is 5.69 Å². The summed E-state index contributed by atoms with van der Waals surface area (Å²) in [4.78, 5) is 0. The van der Waals surface area contributed by atoms with Crippen LogP contribution in [0.3, 0.4) is 0 Å². The second-order valence-electron chi connectivity index (χ2n) is 3.40. The minimum absolute atomic E-state index is 0.0444. The third-order valence-corrected chi connectivity index (χ3v) is 2.18. The van der Waals surface area contributed by atoms with Gasteiger partial charge in [0.2, 0.25) is 0 Å². The Kier molecular flexibility index (Phi) is 2.02. The van der Waals surface area contributed by atoms with Crippen LogP contribution >= 0.6 is 0 Å². The normalized spacial score (nSPS) is 17.4. The first-order valence-electron chi connectivity index (χ1n) is 4.38. The molecule has 78 valence electrons. The number of aromatic nitrogens is 2. The van der Waals surface area contributed by atoms with Crippen LogP contribution in [0.25, 0.3) is 0 Å². The quantitative estimate of drug-likeness (QED) is 0.798. The van der Waals surface area contributed by atoms with Gasteiger partial charge in [-0.05, 0) is 18.9 Å². The zero-order valence-corrected chi connectivity index (χ0v) is 7.38. The number of alkyl halides is 3. The molecule has 1 aliphatic rings.